The number of para-hydroxylation sites is 1. The highest BCUT2D eigenvalue weighted by atomic mass is 32.2. The van der Waals surface area contributed by atoms with Crippen molar-refractivity contribution in [3.63, 3.8) is 0 Å². The first-order valence-electron chi connectivity index (χ1n) is 8.79. The molecule has 6 heteroatoms. The first-order valence-corrected chi connectivity index (χ1v) is 10.0. The van der Waals surface area contributed by atoms with E-state index < -0.39 is 0 Å². The number of rotatable bonds is 5. The van der Waals surface area contributed by atoms with E-state index in [0.29, 0.717) is 11.6 Å². The molecule has 25 heavy (non-hydrogen) atoms. The summed E-state index contributed by atoms with van der Waals surface area (Å²) in [5.74, 6) is 0.728. The van der Waals surface area contributed by atoms with Gasteiger partial charge in [-0.3, -0.25) is 14.3 Å². The lowest BCUT2D eigenvalue weighted by atomic mass is 10.2. The Morgan fingerprint density at radius 1 is 1.16 bits per heavy atom. The van der Waals surface area contributed by atoms with Gasteiger partial charge in [0.1, 0.15) is 5.69 Å². The van der Waals surface area contributed by atoms with Crippen molar-refractivity contribution < 1.29 is 4.79 Å². The number of imidazole rings is 1. The van der Waals surface area contributed by atoms with Gasteiger partial charge in [-0.25, -0.2) is 4.98 Å². The molecule has 1 fully saturated rings. The number of amides is 1. The summed E-state index contributed by atoms with van der Waals surface area (Å²) in [5, 5.41) is 0.841. The van der Waals surface area contributed by atoms with Crippen LogP contribution < -0.4 is 0 Å². The fourth-order valence-electron chi connectivity index (χ4n) is 3.27. The highest BCUT2D eigenvalue weighted by Crippen LogP contribution is 2.23. The molecule has 1 saturated heterocycles. The van der Waals surface area contributed by atoms with Gasteiger partial charge in [0.2, 0.25) is 0 Å². The van der Waals surface area contributed by atoms with E-state index in [-0.39, 0.29) is 5.91 Å². The van der Waals surface area contributed by atoms with E-state index in [1.807, 2.05) is 46.1 Å². The Kier molecular flexibility index (Phi) is 5.81. The lowest BCUT2D eigenvalue weighted by Gasteiger charge is -2.35. The van der Waals surface area contributed by atoms with Gasteiger partial charge in [0.25, 0.3) is 5.91 Å². The largest absolute Gasteiger partial charge is 0.335 e. The third-order valence-corrected chi connectivity index (χ3v) is 5.08. The highest BCUT2D eigenvalue weighted by Gasteiger charge is 2.26. The zero-order valence-corrected chi connectivity index (χ0v) is 16.0. The molecule has 0 saturated carbocycles. The van der Waals surface area contributed by atoms with Crippen molar-refractivity contribution in [2.75, 3.05) is 39.0 Å². The quantitative estimate of drug-likeness (QED) is 0.771. The molecule has 1 aromatic heterocycles. The first-order chi connectivity index (χ1) is 12.1. The Morgan fingerprint density at radius 2 is 1.84 bits per heavy atom. The van der Waals surface area contributed by atoms with E-state index in [0.717, 1.165) is 43.6 Å². The van der Waals surface area contributed by atoms with E-state index in [1.54, 1.807) is 18.0 Å². The lowest BCUT2D eigenvalue weighted by molar-refractivity contribution is 0.0615. The molecule has 1 amide bonds. The summed E-state index contributed by atoms with van der Waals surface area (Å²) in [6, 6.07) is 9.98. The predicted octanol–water partition coefficient (Wildman–Crippen LogP) is 3.01. The molecule has 1 aromatic carbocycles. The Bertz CT molecular complexity index is 705. The maximum Gasteiger partial charge on any atom is 0.272 e. The zero-order valence-electron chi connectivity index (χ0n) is 15.2. The predicted molar refractivity (Wildman–Crippen MR) is 103 cm³/mol. The fraction of sp³-hybridized carbons (Fsp3) is 0.474. The lowest BCUT2D eigenvalue weighted by Crippen LogP contribution is -2.49. The minimum absolute atomic E-state index is 0.0702. The molecule has 0 radical (unpaired) electrons. The molecular weight excluding hydrogens is 332 g/mol. The molecule has 1 aliphatic heterocycles. The summed E-state index contributed by atoms with van der Waals surface area (Å²) in [6.45, 7) is 9.01. The molecule has 0 spiro atoms. The molecular formula is C19H26N4OS. The topological polar surface area (TPSA) is 41.4 Å². The number of thioether (sulfide) groups is 1. The van der Waals surface area contributed by atoms with Crippen LogP contribution in [0.5, 0.6) is 0 Å². The van der Waals surface area contributed by atoms with Crippen LogP contribution >= 0.6 is 11.8 Å². The molecule has 2 heterocycles. The van der Waals surface area contributed by atoms with E-state index >= 15 is 0 Å². The SMILES string of the molecule is CSc1ncc(C(=O)N2CCN(CC(C)C)CC2)n1-c1ccccc1. The number of piperazine rings is 1. The zero-order chi connectivity index (χ0) is 17.8. The van der Waals surface area contributed by atoms with Gasteiger partial charge in [-0.05, 0) is 24.3 Å². The smallest absolute Gasteiger partial charge is 0.272 e. The third kappa shape index (κ3) is 4.07. The fourth-order valence-corrected chi connectivity index (χ4v) is 3.81. The van der Waals surface area contributed by atoms with Crippen LogP contribution in [-0.4, -0.2) is 64.2 Å². The first kappa shape index (κ1) is 18.0. The van der Waals surface area contributed by atoms with Crippen molar-refractivity contribution in [1.29, 1.82) is 0 Å². The maximum absolute atomic E-state index is 13.1. The minimum Gasteiger partial charge on any atom is -0.335 e. The molecule has 0 atom stereocenters. The van der Waals surface area contributed by atoms with Crippen LogP contribution in [0.2, 0.25) is 0 Å². The van der Waals surface area contributed by atoms with Crippen LogP contribution in [0.1, 0.15) is 24.3 Å². The summed E-state index contributed by atoms with van der Waals surface area (Å²) in [4.78, 5) is 21.9. The summed E-state index contributed by atoms with van der Waals surface area (Å²) < 4.78 is 1.97. The summed E-state index contributed by atoms with van der Waals surface area (Å²) in [6.07, 6.45) is 3.70. The van der Waals surface area contributed by atoms with Crippen LogP contribution in [0.15, 0.2) is 41.7 Å². The van der Waals surface area contributed by atoms with Gasteiger partial charge in [0, 0.05) is 38.4 Å². The van der Waals surface area contributed by atoms with Crippen LogP contribution in [-0.2, 0) is 0 Å². The van der Waals surface area contributed by atoms with Gasteiger partial charge in [-0.15, -0.1) is 0 Å². The monoisotopic (exact) mass is 358 g/mol. The number of nitrogens with zero attached hydrogens (tertiary/aromatic N) is 4. The molecule has 0 bridgehead atoms. The Labute approximate surface area is 154 Å². The number of aromatic nitrogens is 2. The van der Waals surface area contributed by atoms with Gasteiger partial charge in [0.15, 0.2) is 5.16 Å². The third-order valence-electron chi connectivity index (χ3n) is 4.43. The second kappa shape index (κ2) is 8.06. The normalized spacial score (nSPS) is 15.8. The standard InChI is InChI=1S/C19H26N4OS/c1-15(2)14-21-9-11-22(12-10-21)18(24)17-13-20-19(25-3)23(17)16-7-5-4-6-8-16/h4-8,13,15H,9-12,14H2,1-3H3. The van der Waals surface area contributed by atoms with Crippen molar-refractivity contribution in [3.05, 3.63) is 42.2 Å². The van der Waals surface area contributed by atoms with Crippen molar-refractivity contribution in [3.8, 4) is 5.69 Å². The van der Waals surface area contributed by atoms with Crippen molar-refractivity contribution in [2.45, 2.75) is 19.0 Å². The van der Waals surface area contributed by atoms with E-state index in [9.17, 15) is 4.79 Å². The molecule has 0 aliphatic carbocycles. The molecule has 0 unspecified atom stereocenters. The summed E-state index contributed by atoms with van der Waals surface area (Å²) >= 11 is 1.56. The van der Waals surface area contributed by atoms with Crippen molar-refractivity contribution >= 4 is 17.7 Å². The van der Waals surface area contributed by atoms with Crippen molar-refractivity contribution in [1.82, 2.24) is 19.4 Å². The average Bonchev–Trinajstić information content (AvgIpc) is 3.06. The van der Waals surface area contributed by atoms with Crippen molar-refractivity contribution in [2.24, 2.45) is 5.92 Å². The second-order valence-corrected chi connectivity index (χ2v) is 7.56. The van der Waals surface area contributed by atoms with Gasteiger partial charge >= 0.3 is 0 Å². The van der Waals surface area contributed by atoms with Gasteiger partial charge in [-0.2, -0.15) is 0 Å². The molecule has 134 valence electrons. The van der Waals surface area contributed by atoms with Crippen LogP contribution in [0.25, 0.3) is 5.69 Å². The Balaban J connectivity index is 1.79. The van der Waals surface area contributed by atoms with Crippen LogP contribution in [0.3, 0.4) is 0 Å². The Morgan fingerprint density at radius 3 is 2.44 bits per heavy atom. The van der Waals surface area contributed by atoms with Gasteiger partial charge in [0.05, 0.1) is 6.20 Å². The van der Waals surface area contributed by atoms with E-state index in [2.05, 4.69) is 23.7 Å². The number of carbonyl (C=O) groups is 1. The molecule has 0 N–H and O–H groups in total. The molecule has 3 rings (SSSR count). The van der Waals surface area contributed by atoms with Gasteiger partial charge < -0.3 is 4.90 Å². The van der Waals surface area contributed by atoms with E-state index in [4.69, 9.17) is 0 Å². The average molecular weight is 359 g/mol. The van der Waals surface area contributed by atoms with Gasteiger partial charge in [-0.1, -0.05) is 43.8 Å². The van der Waals surface area contributed by atoms with Crippen LogP contribution in [0.4, 0.5) is 0 Å². The number of benzene rings is 1. The number of hydrogen-bond acceptors (Lipinski definition) is 4. The Hall–Kier alpha value is -1.79. The molecule has 1 aliphatic rings. The van der Waals surface area contributed by atoms with E-state index in [1.165, 1.54) is 0 Å². The minimum atomic E-state index is 0.0702. The maximum atomic E-state index is 13.1. The number of carbonyl (C=O) groups excluding carboxylic acids is 1. The summed E-state index contributed by atoms with van der Waals surface area (Å²) in [5.41, 5.74) is 1.62. The second-order valence-electron chi connectivity index (χ2n) is 6.79. The number of hydrogen-bond donors (Lipinski definition) is 0. The molecule has 5 nitrogen and oxygen atoms in total. The molecule has 2 aromatic rings. The van der Waals surface area contributed by atoms with Crippen LogP contribution in [0, 0.1) is 5.92 Å². The highest BCUT2D eigenvalue weighted by molar-refractivity contribution is 7.98. The summed E-state index contributed by atoms with van der Waals surface area (Å²) in [7, 11) is 0.